The number of urea groups is 1. The van der Waals surface area contributed by atoms with Gasteiger partial charge in [0.2, 0.25) is 5.91 Å². The van der Waals surface area contributed by atoms with Crippen molar-refractivity contribution in [1.29, 1.82) is 0 Å². The first-order valence-electron chi connectivity index (χ1n) is 6.98. The Morgan fingerprint density at radius 1 is 1.14 bits per heavy atom. The van der Waals surface area contributed by atoms with Crippen LogP contribution in [0.25, 0.3) is 0 Å². The van der Waals surface area contributed by atoms with Gasteiger partial charge in [-0.25, -0.2) is 9.59 Å². The minimum Gasteiger partial charge on any atom is -0.460 e. The lowest BCUT2D eigenvalue weighted by atomic mass is 10.3. The van der Waals surface area contributed by atoms with E-state index in [1.807, 2.05) is 6.92 Å². The average Bonchev–Trinajstić information content (AvgIpc) is 2.42. The third kappa shape index (κ3) is 9.48. The molecule has 0 fully saturated rings. The second-order valence-corrected chi connectivity index (χ2v) is 4.56. The molecule has 3 amide bonds. The summed E-state index contributed by atoms with van der Waals surface area (Å²) in [5, 5.41) is 5.35. The van der Waals surface area contributed by atoms with Crippen LogP contribution in [0.3, 0.4) is 0 Å². The van der Waals surface area contributed by atoms with E-state index in [-0.39, 0.29) is 25.1 Å². The Morgan fingerprint density at radius 3 is 2.33 bits per heavy atom. The van der Waals surface area contributed by atoms with Gasteiger partial charge in [0.25, 0.3) is 0 Å². The summed E-state index contributed by atoms with van der Waals surface area (Å²) in [6, 6.07) is -0.216. The van der Waals surface area contributed by atoms with Gasteiger partial charge in [-0.15, -0.1) is 0 Å². The fraction of sp³-hybridized carbons (Fsp3) is 0.643. The second-order valence-electron chi connectivity index (χ2n) is 4.56. The highest BCUT2D eigenvalue weighted by Crippen LogP contribution is 1.93. The Morgan fingerprint density at radius 2 is 1.81 bits per heavy atom. The van der Waals surface area contributed by atoms with Crippen molar-refractivity contribution < 1.29 is 19.1 Å². The van der Waals surface area contributed by atoms with E-state index in [0.29, 0.717) is 31.6 Å². The van der Waals surface area contributed by atoms with Crippen molar-refractivity contribution >= 4 is 17.9 Å². The Hall–Kier alpha value is -2.05. The van der Waals surface area contributed by atoms with Gasteiger partial charge in [-0.1, -0.05) is 6.58 Å². The number of carbonyl (C=O) groups is 3. The molecule has 0 aliphatic heterocycles. The number of amides is 3. The Labute approximate surface area is 125 Å². The first kappa shape index (κ1) is 18.9. The second kappa shape index (κ2) is 10.7. The first-order valence-corrected chi connectivity index (χ1v) is 6.98. The molecule has 0 aliphatic rings. The number of hydrogen-bond acceptors (Lipinski definition) is 4. The van der Waals surface area contributed by atoms with E-state index in [9.17, 15) is 14.4 Å². The van der Waals surface area contributed by atoms with Crippen LogP contribution in [0.5, 0.6) is 0 Å². The zero-order valence-corrected chi connectivity index (χ0v) is 13.0. The van der Waals surface area contributed by atoms with Crippen LogP contribution in [0, 0.1) is 0 Å². The van der Waals surface area contributed by atoms with Gasteiger partial charge < -0.3 is 20.3 Å². The van der Waals surface area contributed by atoms with Gasteiger partial charge in [0.05, 0.1) is 6.54 Å². The monoisotopic (exact) mass is 299 g/mol. The fourth-order valence-corrected chi connectivity index (χ4v) is 1.47. The van der Waals surface area contributed by atoms with E-state index < -0.39 is 5.97 Å². The molecule has 0 atom stereocenters. The molecule has 120 valence electrons. The number of carbonyl (C=O) groups excluding carboxylic acids is 3. The van der Waals surface area contributed by atoms with E-state index in [0.717, 1.165) is 0 Å². The number of esters is 1. The van der Waals surface area contributed by atoms with Crippen molar-refractivity contribution in [2.24, 2.45) is 0 Å². The van der Waals surface area contributed by atoms with E-state index in [1.54, 1.807) is 11.8 Å². The van der Waals surface area contributed by atoms with Crippen molar-refractivity contribution in [3.05, 3.63) is 12.2 Å². The van der Waals surface area contributed by atoms with Crippen molar-refractivity contribution in [2.45, 2.75) is 27.2 Å². The summed E-state index contributed by atoms with van der Waals surface area (Å²) in [5.74, 6) is -0.547. The number of nitrogens with zero attached hydrogens (tertiary/aromatic N) is 1. The molecule has 0 aromatic rings. The average molecular weight is 299 g/mol. The lowest BCUT2D eigenvalue weighted by Gasteiger charge is -2.21. The van der Waals surface area contributed by atoms with Gasteiger partial charge >= 0.3 is 12.0 Å². The Balaban J connectivity index is 3.86. The largest absolute Gasteiger partial charge is 0.460 e. The highest BCUT2D eigenvalue weighted by atomic mass is 16.5. The molecule has 0 unspecified atom stereocenters. The van der Waals surface area contributed by atoms with Crippen molar-refractivity contribution in [3.63, 3.8) is 0 Å². The smallest absolute Gasteiger partial charge is 0.333 e. The van der Waals surface area contributed by atoms with E-state index in [4.69, 9.17) is 4.74 Å². The number of rotatable bonds is 9. The van der Waals surface area contributed by atoms with E-state index in [1.165, 1.54) is 6.92 Å². The van der Waals surface area contributed by atoms with Gasteiger partial charge in [-0.3, -0.25) is 4.79 Å². The summed E-state index contributed by atoms with van der Waals surface area (Å²) in [7, 11) is 0. The first-order chi connectivity index (χ1) is 9.88. The summed E-state index contributed by atoms with van der Waals surface area (Å²) < 4.78 is 4.87. The predicted molar refractivity (Wildman–Crippen MR) is 79.7 cm³/mol. The molecule has 0 spiro atoms. The van der Waals surface area contributed by atoms with E-state index in [2.05, 4.69) is 17.2 Å². The molecule has 0 aromatic heterocycles. The lowest BCUT2D eigenvalue weighted by Crippen LogP contribution is -2.42. The third-order valence-electron chi connectivity index (χ3n) is 2.61. The lowest BCUT2D eigenvalue weighted by molar-refractivity contribution is -0.138. The maximum atomic E-state index is 11.9. The van der Waals surface area contributed by atoms with Crippen LogP contribution in [0.1, 0.15) is 27.2 Å². The minimum absolute atomic E-state index is 0.0816. The van der Waals surface area contributed by atoms with Crippen molar-refractivity contribution in [3.8, 4) is 0 Å². The standard InChI is InChI=1S/C14H25N3O4/c1-5-17(9-6-7-15-12(4)18)14(20)16-8-10-21-13(19)11(2)3/h2,5-10H2,1,3-4H3,(H,15,18)(H,16,20). The van der Waals surface area contributed by atoms with Gasteiger partial charge in [0.15, 0.2) is 0 Å². The number of ether oxygens (including phenoxy) is 1. The minimum atomic E-state index is -0.466. The topological polar surface area (TPSA) is 87.7 Å². The van der Waals surface area contributed by atoms with Crippen LogP contribution in [0.4, 0.5) is 4.79 Å². The molecule has 2 N–H and O–H groups in total. The SMILES string of the molecule is C=C(C)C(=O)OCCNC(=O)N(CC)CCCNC(C)=O. The summed E-state index contributed by atoms with van der Waals surface area (Å²) in [4.78, 5) is 35.3. The Kier molecular flexibility index (Phi) is 9.66. The van der Waals surface area contributed by atoms with Crippen LogP contribution in [0.15, 0.2) is 12.2 Å². The van der Waals surface area contributed by atoms with Crippen LogP contribution >= 0.6 is 0 Å². The third-order valence-corrected chi connectivity index (χ3v) is 2.61. The summed E-state index contributed by atoms with van der Waals surface area (Å²) in [5.41, 5.74) is 0.328. The van der Waals surface area contributed by atoms with Gasteiger partial charge in [0.1, 0.15) is 6.61 Å². The van der Waals surface area contributed by atoms with Crippen LogP contribution in [0.2, 0.25) is 0 Å². The van der Waals surface area contributed by atoms with Crippen LogP contribution < -0.4 is 10.6 Å². The quantitative estimate of drug-likeness (QED) is 0.372. The molecule has 21 heavy (non-hydrogen) atoms. The maximum Gasteiger partial charge on any atom is 0.333 e. The summed E-state index contributed by atoms with van der Waals surface area (Å²) in [6.07, 6.45) is 0.686. The molecule has 0 saturated heterocycles. The predicted octanol–water partition coefficient (Wildman–Crippen LogP) is 0.663. The van der Waals surface area contributed by atoms with Crippen molar-refractivity contribution in [2.75, 3.05) is 32.8 Å². The number of hydrogen-bond donors (Lipinski definition) is 2. The molecular formula is C14H25N3O4. The zero-order valence-electron chi connectivity index (χ0n) is 13.0. The molecule has 0 aliphatic carbocycles. The fourth-order valence-electron chi connectivity index (χ4n) is 1.47. The molecule has 7 nitrogen and oxygen atoms in total. The summed E-state index contributed by atoms with van der Waals surface area (Å²) in [6.45, 7) is 10.4. The Bertz CT molecular complexity index is 382. The molecule has 0 radical (unpaired) electrons. The number of nitrogens with one attached hydrogen (secondary N) is 2. The van der Waals surface area contributed by atoms with Crippen LogP contribution in [-0.2, 0) is 14.3 Å². The van der Waals surface area contributed by atoms with Gasteiger partial charge in [-0.2, -0.15) is 0 Å². The molecule has 0 bridgehead atoms. The van der Waals surface area contributed by atoms with Crippen molar-refractivity contribution in [1.82, 2.24) is 15.5 Å². The van der Waals surface area contributed by atoms with Gasteiger partial charge in [0, 0.05) is 32.1 Å². The molecular weight excluding hydrogens is 274 g/mol. The molecule has 0 aromatic carbocycles. The highest BCUT2D eigenvalue weighted by molar-refractivity contribution is 5.86. The zero-order chi connectivity index (χ0) is 16.3. The molecule has 7 heteroatoms. The normalized spacial score (nSPS) is 9.67. The van der Waals surface area contributed by atoms with Gasteiger partial charge in [-0.05, 0) is 20.3 Å². The highest BCUT2D eigenvalue weighted by Gasteiger charge is 2.10. The van der Waals surface area contributed by atoms with E-state index >= 15 is 0 Å². The molecule has 0 saturated carbocycles. The maximum absolute atomic E-state index is 11.9. The molecule has 0 heterocycles. The van der Waals surface area contributed by atoms with Crippen LogP contribution in [-0.4, -0.2) is 55.6 Å². The summed E-state index contributed by atoms with van der Waals surface area (Å²) >= 11 is 0. The molecule has 0 rings (SSSR count).